The van der Waals surface area contributed by atoms with Gasteiger partial charge < -0.3 is 19.3 Å². The van der Waals surface area contributed by atoms with Gasteiger partial charge in [-0.25, -0.2) is 9.18 Å². The van der Waals surface area contributed by atoms with Gasteiger partial charge in [0.05, 0.1) is 37.6 Å². The number of hydrogen-bond donors (Lipinski definition) is 1. The number of carboxylic acids is 1. The summed E-state index contributed by atoms with van der Waals surface area (Å²) in [7, 11) is 0. The van der Waals surface area contributed by atoms with Gasteiger partial charge in [0.2, 0.25) is 0 Å². The van der Waals surface area contributed by atoms with Crippen LogP contribution in [-0.2, 0) is 31.0 Å². The number of carbonyl (C=O) groups is 1. The van der Waals surface area contributed by atoms with Crippen molar-refractivity contribution in [3.8, 4) is 6.07 Å². The van der Waals surface area contributed by atoms with Crippen molar-refractivity contribution in [1.29, 1.82) is 5.26 Å². The molecule has 6 nitrogen and oxygen atoms in total. The lowest BCUT2D eigenvalue weighted by Crippen LogP contribution is -2.41. The number of nitriles is 1. The molecule has 7 heteroatoms. The monoisotopic (exact) mass is 467 g/mol. The smallest absolute Gasteiger partial charge is 0.329 e. The quantitative estimate of drug-likeness (QED) is 0.464. The fraction of sp³-hybridized carbons (Fsp3) is 0.481. The van der Waals surface area contributed by atoms with Gasteiger partial charge in [-0.3, -0.25) is 0 Å². The summed E-state index contributed by atoms with van der Waals surface area (Å²) in [6, 6.07) is 16.3. The number of fused-ring (bicyclic) bond motifs is 2. The van der Waals surface area contributed by atoms with E-state index in [2.05, 4.69) is 6.07 Å². The summed E-state index contributed by atoms with van der Waals surface area (Å²) < 4.78 is 31.1. The third kappa shape index (κ3) is 5.47. The molecular weight excluding hydrogens is 437 g/mol. The minimum atomic E-state index is -0.958. The highest BCUT2D eigenvalue weighted by atomic mass is 19.1. The van der Waals surface area contributed by atoms with Crippen LogP contribution >= 0.6 is 0 Å². The van der Waals surface area contributed by atoms with Crippen LogP contribution in [0.1, 0.15) is 42.4 Å². The molecule has 2 aromatic carbocycles. The fourth-order valence-corrected chi connectivity index (χ4v) is 5.56. The molecule has 1 heterocycles. The van der Waals surface area contributed by atoms with Crippen LogP contribution in [0, 0.1) is 29.0 Å². The van der Waals surface area contributed by atoms with Crippen LogP contribution in [-0.4, -0.2) is 43.6 Å². The number of unbranched alkanes of at least 4 members (excludes halogenated alkanes) is 1. The maximum atomic E-state index is 13.6. The number of benzene rings is 2. The first-order valence-electron chi connectivity index (χ1n) is 11.8. The third-order valence-electron chi connectivity index (χ3n) is 7.19. The van der Waals surface area contributed by atoms with Crippen molar-refractivity contribution in [1.82, 2.24) is 0 Å². The van der Waals surface area contributed by atoms with Gasteiger partial charge in [0, 0.05) is 17.9 Å². The van der Waals surface area contributed by atoms with Crippen LogP contribution in [0.4, 0.5) is 4.39 Å². The molecule has 1 N–H and O–H groups in total. The van der Waals surface area contributed by atoms with Gasteiger partial charge in [-0.05, 0) is 60.6 Å². The zero-order valence-corrected chi connectivity index (χ0v) is 19.1. The maximum Gasteiger partial charge on any atom is 0.329 e. The predicted molar refractivity (Wildman–Crippen MR) is 123 cm³/mol. The van der Waals surface area contributed by atoms with Crippen molar-refractivity contribution in [3.05, 3.63) is 71.0 Å². The second kappa shape index (κ2) is 11.1. The van der Waals surface area contributed by atoms with E-state index >= 15 is 0 Å². The Morgan fingerprint density at radius 2 is 1.91 bits per heavy atom. The van der Waals surface area contributed by atoms with Gasteiger partial charge in [-0.15, -0.1) is 0 Å². The van der Waals surface area contributed by atoms with Crippen molar-refractivity contribution in [3.63, 3.8) is 0 Å². The minimum Gasteiger partial charge on any atom is -0.480 e. The van der Waals surface area contributed by atoms with Crippen LogP contribution in [0.2, 0.25) is 0 Å². The maximum absolute atomic E-state index is 13.6. The van der Waals surface area contributed by atoms with E-state index in [4.69, 9.17) is 24.6 Å². The molecule has 0 amide bonds. The number of halogens is 1. The topological polar surface area (TPSA) is 88.8 Å². The summed E-state index contributed by atoms with van der Waals surface area (Å²) in [4.78, 5) is 10.6. The van der Waals surface area contributed by atoms with Gasteiger partial charge in [-0.2, -0.15) is 5.26 Å². The summed E-state index contributed by atoms with van der Waals surface area (Å²) in [6.45, 7) is 1.80. The number of hydrogen-bond acceptors (Lipinski definition) is 5. The van der Waals surface area contributed by atoms with E-state index in [0.29, 0.717) is 37.9 Å². The van der Waals surface area contributed by atoms with Crippen molar-refractivity contribution in [2.75, 3.05) is 26.4 Å². The Morgan fingerprint density at radius 1 is 1.15 bits per heavy atom. The van der Waals surface area contributed by atoms with E-state index in [1.165, 1.54) is 12.1 Å². The van der Waals surface area contributed by atoms with Gasteiger partial charge in [0.25, 0.3) is 0 Å². The largest absolute Gasteiger partial charge is 0.480 e. The molecule has 4 atom stereocenters. The zero-order valence-electron chi connectivity index (χ0n) is 19.1. The first-order chi connectivity index (χ1) is 16.5. The highest BCUT2D eigenvalue weighted by Gasteiger charge is 2.59. The van der Waals surface area contributed by atoms with Gasteiger partial charge in [0.15, 0.2) is 0 Å². The van der Waals surface area contributed by atoms with E-state index < -0.39 is 5.97 Å². The highest BCUT2D eigenvalue weighted by Crippen LogP contribution is 2.56. The number of ether oxygens (including phenoxy) is 3. The lowest BCUT2D eigenvalue weighted by Gasteiger charge is -2.39. The van der Waals surface area contributed by atoms with Crippen LogP contribution in [0.3, 0.4) is 0 Å². The molecule has 0 spiro atoms. The summed E-state index contributed by atoms with van der Waals surface area (Å²) in [5.41, 5.74) is 2.59. The second-order valence-electron chi connectivity index (χ2n) is 9.25. The SMILES string of the molecule is N#Cc1ccc(COCC2C3CC(c4ccc(F)cc4)(CO3)C2CCCCOCC(=O)O)cc1. The summed E-state index contributed by atoms with van der Waals surface area (Å²) >= 11 is 0. The molecule has 1 saturated carbocycles. The van der Waals surface area contributed by atoms with Gasteiger partial charge >= 0.3 is 5.97 Å². The van der Waals surface area contributed by atoms with Crippen LogP contribution in [0.5, 0.6) is 0 Å². The minimum absolute atomic E-state index is 0.0966. The van der Waals surface area contributed by atoms with E-state index in [0.717, 1.165) is 36.8 Å². The Morgan fingerprint density at radius 3 is 2.62 bits per heavy atom. The lowest BCUT2D eigenvalue weighted by molar-refractivity contribution is -0.142. The Bertz CT molecular complexity index is 1000. The first-order valence-corrected chi connectivity index (χ1v) is 11.8. The highest BCUT2D eigenvalue weighted by molar-refractivity contribution is 5.67. The average Bonchev–Trinajstić information content (AvgIpc) is 3.40. The number of aliphatic carboxylic acids is 1. The molecule has 1 aliphatic heterocycles. The molecule has 0 radical (unpaired) electrons. The standard InChI is InChI=1S/C27H30FNO5/c28-22-10-8-21(9-11-22)27-13-25(34-18-27)23(24(27)3-1-2-12-32-17-26(30)31)16-33-15-20-6-4-19(14-29)5-7-20/h4-11,23-25H,1-3,12-13,15-18H2,(H,30,31). The van der Waals surface area contributed by atoms with Crippen LogP contribution < -0.4 is 0 Å². The van der Waals surface area contributed by atoms with Gasteiger partial charge in [-0.1, -0.05) is 30.7 Å². The third-order valence-corrected chi connectivity index (χ3v) is 7.19. The van der Waals surface area contributed by atoms with Crippen molar-refractivity contribution < 1.29 is 28.5 Å². The number of rotatable bonds is 12. The Balaban J connectivity index is 1.41. The van der Waals surface area contributed by atoms with E-state index in [1.54, 1.807) is 12.1 Å². The predicted octanol–water partition coefficient (Wildman–Crippen LogP) is 4.46. The molecule has 2 aliphatic rings. The lowest BCUT2D eigenvalue weighted by atomic mass is 9.69. The summed E-state index contributed by atoms with van der Waals surface area (Å²) in [6.07, 6.45) is 3.63. The molecule has 34 heavy (non-hydrogen) atoms. The number of carboxylic acid groups (broad SMARTS) is 1. The van der Waals surface area contributed by atoms with E-state index in [9.17, 15) is 9.18 Å². The molecule has 4 rings (SSSR count). The molecule has 2 bridgehead atoms. The fourth-order valence-electron chi connectivity index (χ4n) is 5.56. The van der Waals surface area contributed by atoms with Crippen molar-refractivity contribution in [2.24, 2.45) is 11.8 Å². The summed E-state index contributed by atoms with van der Waals surface area (Å²) in [5, 5.41) is 17.7. The molecule has 1 aliphatic carbocycles. The normalized spacial score (nSPS) is 25.4. The Kier molecular flexibility index (Phi) is 7.94. The Labute approximate surface area is 199 Å². The van der Waals surface area contributed by atoms with Crippen molar-refractivity contribution in [2.45, 2.75) is 43.8 Å². The summed E-state index contributed by atoms with van der Waals surface area (Å²) in [5.74, 6) is -0.669. The molecule has 0 aromatic heterocycles. The molecule has 2 aromatic rings. The van der Waals surface area contributed by atoms with E-state index in [-0.39, 0.29) is 29.9 Å². The van der Waals surface area contributed by atoms with Crippen LogP contribution in [0.25, 0.3) is 0 Å². The average molecular weight is 468 g/mol. The van der Waals surface area contributed by atoms with Gasteiger partial charge in [0.1, 0.15) is 12.4 Å². The van der Waals surface area contributed by atoms with Crippen LogP contribution in [0.15, 0.2) is 48.5 Å². The molecular formula is C27H30FNO5. The zero-order chi connectivity index (χ0) is 24.0. The Hall–Kier alpha value is -2.79. The number of nitrogens with zero attached hydrogens (tertiary/aromatic N) is 1. The second-order valence-corrected chi connectivity index (χ2v) is 9.25. The molecule has 4 unspecified atom stereocenters. The molecule has 2 fully saturated rings. The van der Waals surface area contributed by atoms with E-state index in [1.807, 2.05) is 24.3 Å². The first kappa shape index (κ1) is 24.3. The molecule has 180 valence electrons. The molecule has 1 saturated heterocycles. The van der Waals surface area contributed by atoms with Crippen molar-refractivity contribution >= 4 is 5.97 Å².